The van der Waals surface area contributed by atoms with Crippen LogP contribution in [0.25, 0.3) is 0 Å². The zero-order valence-corrected chi connectivity index (χ0v) is 10.8. The topological polar surface area (TPSA) is 85.8 Å². The molecule has 0 spiro atoms. The van der Waals surface area contributed by atoms with Crippen molar-refractivity contribution in [1.82, 2.24) is 24.5 Å². The van der Waals surface area contributed by atoms with Gasteiger partial charge in [0.1, 0.15) is 6.04 Å². The van der Waals surface area contributed by atoms with Gasteiger partial charge in [-0.05, 0) is 13.0 Å². The highest BCUT2D eigenvalue weighted by Gasteiger charge is 2.17. The maximum Gasteiger partial charge on any atom is 0.313 e. The van der Waals surface area contributed by atoms with Gasteiger partial charge in [-0.15, -0.1) is 10.2 Å². The average molecular weight is 267 g/mol. The van der Waals surface area contributed by atoms with E-state index in [1.54, 1.807) is 15.4 Å². The molecule has 2 aromatic rings. The number of hydrogen-bond acceptors (Lipinski definition) is 5. The van der Waals surface area contributed by atoms with Gasteiger partial charge in [-0.25, -0.2) is 0 Å². The molecule has 0 aliphatic heterocycles. The lowest BCUT2D eigenvalue weighted by Crippen LogP contribution is -2.12. The van der Waals surface area contributed by atoms with E-state index in [1.165, 1.54) is 0 Å². The third-order valence-electron chi connectivity index (χ3n) is 2.49. The monoisotopic (exact) mass is 267 g/mol. The zero-order valence-electron chi connectivity index (χ0n) is 10.0. The fourth-order valence-corrected chi connectivity index (χ4v) is 2.21. The van der Waals surface area contributed by atoms with Gasteiger partial charge in [0.15, 0.2) is 11.0 Å². The number of hydrogen-bond donors (Lipinski definition) is 1. The Morgan fingerprint density at radius 1 is 1.56 bits per heavy atom. The van der Waals surface area contributed by atoms with Crippen LogP contribution in [0.1, 0.15) is 18.8 Å². The smallest absolute Gasteiger partial charge is 0.313 e. The van der Waals surface area contributed by atoms with Gasteiger partial charge in [-0.1, -0.05) is 11.8 Å². The van der Waals surface area contributed by atoms with E-state index in [0.29, 0.717) is 5.16 Å². The largest absolute Gasteiger partial charge is 0.481 e. The third-order valence-corrected chi connectivity index (χ3v) is 3.49. The first-order valence-corrected chi connectivity index (χ1v) is 6.31. The molecule has 7 nitrogen and oxygen atoms in total. The quantitative estimate of drug-likeness (QED) is 0.806. The molecule has 0 fully saturated rings. The van der Waals surface area contributed by atoms with Crippen LogP contribution in [0.3, 0.4) is 0 Å². The summed E-state index contributed by atoms with van der Waals surface area (Å²) in [5, 5.41) is 21.5. The van der Waals surface area contributed by atoms with Crippen molar-refractivity contribution >= 4 is 17.7 Å². The number of nitrogens with zero attached hydrogens (tertiary/aromatic N) is 5. The Balaban J connectivity index is 2.17. The van der Waals surface area contributed by atoms with Crippen molar-refractivity contribution in [3.63, 3.8) is 0 Å². The molecule has 0 aromatic carbocycles. The molecule has 18 heavy (non-hydrogen) atoms. The molecule has 2 rings (SSSR count). The van der Waals surface area contributed by atoms with Gasteiger partial charge in [-0.2, -0.15) is 5.10 Å². The van der Waals surface area contributed by atoms with Crippen LogP contribution >= 0.6 is 11.8 Å². The number of aromatic nitrogens is 5. The summed E-state index contributed by atoms with van der Waals surface area (Å²) in [6, 6.07) is 1.80. The van der Waals surface area contributed by atoms with Crippen molar-refractivity contribution in [1.29, 1.82) is 0 Å². The van der Waals surface area contributed by atoms with Gasteiger partial charge in [0.2, 0.25) is 0 Å². The Kier molecular flexibility index (Phi) is 3.66. The van der Waals surface area contributed by atoms with Crippen molar-refractivity contribution in [3.8, 4) is 0 Å². The van der Waals surface area contributed by atoms with E-state index in [-0.39, 0.29) is 11.8 Å². The van der Waals surface area contributed by atoms with Crippen LogP contribution in [0, 0.1) is 0 Å². The molecule has 1 N–H and O–H groups in total. The predicted octanol–water partition coefficient (Wildman–Crippen LogP) is 0.798. The van der Waals surface area contributed by atoms with Gasteiger partial charge in [0, 0.05) is 19.4 Å². The molecule has 1 atom stereocenters. The van der Waals surface area contributed by atoms with Crippen molar-refractivity contribution in [2.45, 2.75) is 18.1 Å². The molecule has 0 bridgehead atoms. The summed E-state index contributed by atoms with van der Waals surface area (Å²) in [4.78, 5) is 10.5. The Labute approximate surface area is 108 Å². The lowest BCUT2D eigenvalue weighted by Gasteiger charge is -2.11. The Bertz CT molecular complexity index is 536. The number of thioether (sulfide) groups is 1. The number of carboxylic acid groups (broad SMARTS) is 1. The maximum atomic E-state index is 10.5. The summed E-state index contributed by atoms with van der Waals surface area (Å²) in [7, 11) is 1.82. The number of carboxylic acids is 1. The first-order valence-electron chi connectivity index (χ1n) is 5.32. The van der Waals surface area contributed by atoms with E-state index in [0.717, 1.165) is 17.6 Å². The van der Waals surface area contributed by atoms with Crippen molar-refractivity contribution in [2.24, 2.45) is 7.05 Å². The maximum absolute atomic E-state index is 10.5. The zero-order chi connectivity index (χ0) is 13.1. The highest BCUT2D eigenvalue weighted by molar-refractivity contribution is 7.99. The molecule has 1 unspecified atom stereocenters. The van der Waals surface area contributed by atoms with Gasteiger partial charge in [0.25, 0.3) is 0 Å². The van der Waals surface area contributed by atoms with E-state index in [2.05, 4.69) is 15.3 Å². The van der Waals surface area contributed by atoms with Crippen LogP contribution < -0.4 is 0 Å². The van der Waals surface area contributed by atoms with Gasteiger partial charge < -0.3 is 9.67 Å². The van der Waals surface area contributed by atoms with Crippen LogP contribution in [0.4, 0.5) is 0 Å². The molecule has 0 saturated carbocycles. The highest BCUT2D eigenvalue weighted by Crippen LogP contribution is 2.20. The minimum Gasteiger partial charge on any atom is -0.481 e. The van der Waals surface area contributed by atoms with Crippen LogP contribution in [-0.2, 0) is 11.8 Å². The van der Waals surface area contributed by atoms with E-state index in [9.17, 15) is 4.79 Å². The van der Waals surface area contributed by atoms with Crippen LogP contribution in [0.15, 0.2) is 23.6 Å². The molecule has 96 valence electrons. The second-order valence-electron chi connectivity index (χ2n) is 3.74. The molecule has 2 heterocycles. The number of rotatable bonds is 5. The first-order chi connectivity index (χ1) is 8.59. The summed E-state index contributed by atoms with van der Waals surface area (Å²) >= 11 is 1.15. The molecular weight excluding hydrogens is 254 g/mol. The van der Waals surface area contributed by atoms with Gasteiger partial charge in [-0.3, -0.25) is 9.48 Å². The molecule has 0 aliphatic rings. The second kappa shape index (κ2) is 5.21. The fraction of sp³-hybridized carbons (Fsp3) is 0.400. The minimum absolute atomic E-state index is 0.0257. The summed E-state index contributed by atoms with van der Waals surface area (Å²) in [6.45, 7) is 1.96. The minimum atomic E-state index is -0.871. The molecule has 0 saturated heterocycles. The molecule has 8 heteroatoms. The van der Waals surface area contributed by atoms with Crippen LogP contribution in [0.5, 0.6) is 0 Å². The third kappa shape index (κ3) is 2.53. The Morgan fingerprint density at radius 2 is 2.33 bits per heavy atom. The van der Waals surface area contributed by atoms with Crippen molar-refractivity contribution in [3.05, 3.63) is 24.3 Å². The van der Waals surface area contributed by atoms with E-state index in [1.807, 2.05) is 26.2 Å². The predicted molar refractivity (Wildman–Crippen MR) is 65.4 cm³/mol. The van der Waals surface area contributed by atoms with E-state index < -0.39 is 5.97 Å². The van der Waals surface area contributed by atoms with Crippen LogP contribution in [-0.4, -0.2) is 41.4 Å². The molecule has 0 radical (unpaired) electrons. The summed E-state index contributed by atoms with van der Waals surface area (Å²) in [5.74, 6) is -0.154. The molecular formula is C10H13N5O2S. The number of carbonyl (C=O) groups is 1. The second-order valence-corrected chi connectivity index (χ2v) is 4.69. The SMILES string of the molecule is CC(c1nnc(SCC(=O)O)n1C)n1cccn1. The van der Waals surface area contributed by atoms with Crippen molar-refractivity contribution < 1.29 is 9.90 Å². The summed E-state index contributed by atoms with van der Waals surface area (Å²) in [6.07, 6.45) is 3.55. The van der Waals surface area contributed by atoms with E-state index in [4.69, 9.17) is 5.11 Å². The fourth-order valence-electron chi connectivity index (χ4n) is 1.57. The standard InChI is InChI=1S/C10H13N5O2S/c1-7(15-5-3-4-11-15)9-12-13-10(14(9)2)18-6-8(16)17/h3-5,7H,6H2,1-2H3,(H,16,17). The Morgan fingerprint density at radius 3 is 2.94 bits per heavy atom. The van der Waals surface area contributed by atoms with Crippen LogP contribution in [0.2, 0.25) is 0 Å². The molecule has 0 amide bonds. The Hall–Kier alpha value is -1.83. The average Bonchev–Trinajstić information content (AvgIpc) is 2.95. The summed E-state index contributed by atoms with van der Waals surface area (Å²) < 4.78 is 3.57. The van der Waals surface area contributed by atoms with E-state index >= 15 is 0 Å². The van der Waals surface area contributed by atoms with Crippen molar-refractivity contribution in [2.75, 3.05) is 5.75 Å². The van der Waals surface area contributed by atoms with Gasteiger partial charge >= 0.3 is 5.97 Å². The normalized spacial score (nSPS) is 12.6. The molecule has 0 aliphatic carbocycles. The lowest BCUT2D eigenvalue weighted by atomic mass is 10.3. The molecule has 2 aromatic heterocycles. The summed E-state index contributed by atoms with van der Waals surface area (Å²) in [5.41, 5.74) is 0. The first kappa shape index (κ1) is 12.6. The number of aliphatic carboxylic acids is 1. The lowest BCUT2D eigenvalue weighted by molar-refractivity contribution is -0.133. The van der Waals surface area contributed by atoms with Gasteiger partial charge in [0.05, 0.1) is 5.75 Å². The highest BCUT2D eigenvalue weighted by atomic mass is 32.2.